The number of aliphatic hydroxyl groups is 1. The lowest BCUT2D eigenvalue weighted by Gasteiger charge is -2.34. The number of carbonyl (C=O) groups excluding carboxylic acids is 10. The van der Waals surface area contributed by atoms with E-state index in [1.165, 1.54) is 35.5 Å². The third kappa shape index (κ3) is 23.1. The summed E-state index contributed by atoms with van der Waals surface area (Å²) in [5, 5.41) is 53.6. The molecule has 0 radical (unpaired) electrons. The number of nitrogens with two attached hydrogens (primary N) is 2. The molecule has 3 aliphatic carbocycles. The van der Waals surface area contributed by atoms with Crippen molar-refractivity contribution in [1.29, 1.82) is 0 Å². The Kier molecular flexibility index (Phi) is 30.0. The molecule has 17 atom stereocenters. The lowest BCUT2D eigenvalue weighted by molar-refractivity contribution is -0.143. The first-order valence-corrected chi connectivity index (χ1v) is 38.8. The number of nitrogens with one attached hydrogen (secondary N) is 11. The number of aliphatic hydroxyl groups excluding tert-OH is 1. The fraction of sp³-hybridized carbons (Fsp3) is 0.754. The highest BCUT2D eigenvalue weighted by Gasteiger charge is 2.47. The Labute approximate surface area is 598 Å². The molecule has 1 aromatic carbocycles. The van der Waals surface area contributed by atoms with Crippen LogP contribution in [0.1, 0.15) is 146 Å². The summed E-state index contributed by atoms with van der Waals surface area (Å²) in [6, 6.07) is -3.72. The molecule has 10 amide bonds. The zero-order valence-electron chi connectivity index (χ0n) is 57.9. The lowest BCUT2D eigenvalue weighted by Crippen LogP contribution is -2.61. The van der Waals surface area contributed by atoms with Crippen molar-refractivity contribution in [3.8, 4) is 0 Å². The van der Waals surface area contributed by atoms with Gasteiger partial charge in [-0.25, -0.2) is 8.78 Å². The first-order chi connectivity index (χ1) is 48.5. The second kappa shape index (κ2) is 38.5. The molecule has 0 spiro atoms. The van der Waals surface area contributed by atoms with Gasteiger partial charge in [-0.3, -0.25) is 52.7 Å². The van der Waals surface area contributed by atoms with Crippen LogP contribution in [0.4, 0.5) is 8.78 Å². The van der Waals surface area contributed by atoms with Gasteiger partial charge in [-0.15, -0.1) is 0 Å². The van der Waals surface area contributed by atoms with E-state index in [4.69, 9.17) is 11.5 Å². The maximum atomic E-state index is 15.3. The van der Waals surface area contributed by atoms with Crippen LogP contribution in [-0.4, -0.2) is 234 Å². The summed E-state index contributed by atoms with van der Waals surface area (Å²) in [7, 11) is 1.40. The number of hydrogen-bond acceptors (Lipinski definition) is 19. The largest absolute Gasteiger partial charge is 0.481 e. The molecule has 101 heavy (non-hydrogen) atoms. The zero-order valence-corrected chi connectivity index (χ0v) is 59.5. The highest BCUT2D eigenvalue weighted by Crippen LogP contribution is 2.40. The minimum absolute atomic E-state index is 0.0373. The van der Waals surface area contributed by atoms with E-state index in [0.29, 0.717) is 121 Å². The van der Waals surface area contributed by atoms with Crippen LogP contribution in [0, 0.1) is 29.6 Å². The topological polar surface area (TPSA) is 419 Å². The van der Waals surface area contributed by atoms with E-state index in [1.54, 1.807) is 0 Å². The van der Waals surface area contributed by atoms with Crippen molar-refractivity contribution in [3.05, 3.63) is 35.4 Å². The van der Waals surface area contributed by atoms with Crippen molar-refractivity contribution >= 4 is 88.6 Å². The number of halogens is 2. The zero-order chi connectivity index (χ0) is 72.3. The van der Waals surface area contributed by atoms with Crippen molar-refractivity contribution in [3.63, 3.8) is 0 Å². The molecule has 2 bridgehead atoms. The van der Waals surface area contributed by atoms with Gasteiger partial charge in [0.25, 0.3) is 0 Å². The van der Waals surface area contributed by atoms with Crippen molar-refractivity contribution in [2.75, 3.05) is 64.5 Å². The summed E-state index contributed by atoms with van der Waals surface area (Å²) < 4.78 is 30.5. The third-order valence-corrected chi connectivity index (χ3v) is 23.9. The maximum Gasteiger partial charge on any atom is 0.305 e. The van der Waals surface area contributed by atoms with Gasteiger partial charge in [0, 0.05) is 74.4 Å². The van der Waals surface area contributed by atoms with E-state index in [2.05, 4.69) is 58.5 Å². The number of nitrogens with zero attached hydrogens (tertiary/aromatic N) is 2. The number of carboxylic acids is 1. The van der Waals surface area contributed by atoms with Crippen LogP contribution in [0.25, 0.3) is 0 Å². The lowest BCUT2D eigenvalue weighted by atomic mass is 9.76. The second-order valence-corrected chi connectivity index (χ2v) is 31.3. The van der Waals surface area contributed by atoms with E-state index in [-0.39, 0.29) is 106 Å². The number of primary amides is 1. The summed E-state index contributed by atoms with van der Waals surface area (Å²) in [6.45, 7) is 1.25. The molecule has 9 unspecified atom stereocenters. The Hall–Kier alpha value is -6.29. The molecular weight excluding hydrogens is 1350 g/mol. The summed E-state index contributed by atoms with van der Waals surface area (Å²) in [6.07, 6.45) is 1.95. The molecule has 1 aromatic rings. The summed E-state index contributed by atoms with van der Waals surface area (Å²) >= 11 is 2.87. The Morgan fingerprint density at radius 3 is 1.81 bits per heavy atom. The smallest absolute Gasteiger partial charge is 0.305 e. The van der Waals surface area contributed by atoms with Gasteiger partial charge in [0.1, 0.15) is 60.7 Å². The van der Waals surface area contributed by atoms with Crippen LogP contribution in [0.15, 0.2) is 24.3 Å². The summed E-state index contributed by atoms with van der Waals surface area (Å²) in [5.41, 5.74) is 13.6. The van der Waals surface area contributed by atoms with Crippen LogP contribution in [0.2, 0.25) is 0 Å². The minimum atomic E-state index is -1.90. The number of aliphatic carboxylic acids is 1. The van der Waals surface area contributed by atoms with Gasteiger partial charge in [-0.05, 0) is 182 Å². The molecule has 562 valence electrons. The second-order valence-electron chi connectivity index (χ2n) is 29.2. The minimum Gasteiger partial charge on any atom is -0.481 e. The van der Waals surface area contributed by atoms with Gasteiger partial charge in [-0.2, -0.15) is 23.5 Å². The van der Waals surface area contributed by atoms with Gasteiger partial charge >= 0.3 is 5.97 Å². The molecule has 4 saturated heterocycles. The standard InChI is InChI=1S/C69H107F2N15O13S2/c1-85-33-60(89)79-52(24-41-30-75-49-16-12-43(70)26-47(41)49)63(93)80-53(25-42-31-76-50-17-13-44(71)27-48(42)50)64(94)82-55(29-61(90)91)66(96)81-54(28-45-32-74-37-77-45)65(95)83-56(23-38-10-14-46(87)15-11-38)69(99)86-20-5-9-58(86)67(97)84-57(62(73)92)36-101-35-40-7-4-6-39(22-40)34-100-21-18-59(88)78-51(68(85)98)8-2-3-19-72/h4,6-7,22,38,41-58,74-77,87H,2-3,5,8-21,23-37,72H2,1H3,(H2,73,92)(H,78,88)(H,79,89)(H,80,93)(H,81,96)(H,82,94)(H,83,95)(H,84,97)(H,90,91)/t38?,41?,42?,43?,44?,45?,46?,47?,48?,49?,50?,51-,52-,53-,54-,55-,56-,57-,58-/m0/s1. The fourth-order valence-electron chi connectivity index (χ4n) is 16.2. The van der Waals surface area contributed by atoms with E-state index < -0.39 is 157 Å². The molecule has 17 N–H and O–H groups in total. The maximum absolute atomic E-state index is 15.3. The number of carbonyl (C=O) groups is 11. The Balaban J connectivity index is 1.03. The predicted molar refractivity (Wildman–Crippen MR) is 375 cm³/mol. The molecule has 32 heteroatoms. The Bertz CT molecular complexity index is 3050. The molecule has 28 nitrogen and oxygen atoms in total. The van der Waals surface area contributed by atoms with Gasteiger partial charge < -0.3 is 90.0 Å². The number of likely N-dealkylation sites (N-methyl/N-ethyl adjacent to an activating group) is 1. The number of benzene rings is 1. The normalized spacial score (nSPS) is 34.7. The summed E-state index contributed by atoms with van der Waals surface area (Å²) in [4.78, 5) is 161. The number of alkyl halides is 2. The molecule has 3 saturated carbocycles. The number of fused-ring (bicyclic) bond motifs is 5. The van der Waals surface area contributed by atoms with Gasteiger partial charge in [0.15, 0.2) is 0 Å². The molecule has 5 aliphatic heterocycles. The van der Waals surface area contributed by atoms with E-state index >= 15 is 28.0 Å². The van der Waals surface area contributed by atoms with E-state index in [1.807, 2.05) is 24.3 Å². The highest BCUT2D eigenvalue weighted by molar-refractivity contribution is 7.98. The van der Waals surface area contributed by atoms with Crippen LogP contribution in [0.3, 0.4) is 0 Å². The monoisotopic (exact) mass is 1460 g/mol. The number of carboxylic acid groups (broad SMARTS) is 1. The summed E-state index contributed by atoms with van der Waals surface area (Å²) in [5.74, 6) is -9.08. The van der Waals surface area contributed by atoms with Crippen molar-refractivity contribution in [2.24, 2.45) is 41.1 Å². The average Bonchev–Trinajstić information content (AvgIpc) is 1.74. The third-order valence-electron chi connectivity index (χ3n) is 21.7. The van der Waals surface area contributed by atoms with Crippen LogP contribution < -0.4 is 70.0 Å². The highest BCUT2D eigenvalue weighted by atomic mass is 32.2. The van der Waals surface area contributed by atoms with Crippen LogP contribution >= 0.6 is 23.5 Å². The SMILES string of the molecule is CN1CC(=O)N[C@@H](CC2CNC3CCC(F)CC23)C(=O)N[C@@H](CC2CNC3CCC(F)CC23)C(=O)N[C@@H](CC(=O)O)C(=O)N[C@@H](CC2CNCN2)C(=O)N[C@@H](CC2CCC(O)CC2)C(=O)N2CCC[C@H]2C(=O)N[C@H](C(N)=O)CSCc2cccc(c2)CSCCC(=O)N[C@@H](CCCCN)C1=O. The predicted octanol–water partition coefficient (Wildman–Crippen LogP) is -0.429. The van der Waals surface area contributed by atoms with Crippen molar-refractivity contribution in [1.82, 2.24) is 68.3 Å². The Morgan fingerprint density at radius 2 is 1.21 bits per heavy atom. The quantitative estimate of drug-likeness (QED) is 0.0991. The Morgan fingerprint density at radius 1 is 0.624 bits per heavy atom. The molecule has 0 aromatic heterocycles. The fourth-order valence-corrected chi connectivity index (χ4v) is 18.1. The molecular formula is C69H107F2N15O13S2. The van der Waals surface area contributed by atoms with E-state index in [9.17, 15) is 43.8 Å². The average molecular weight is 1460 g/mol. The van der Waals surface area contributed by atoms with Gasteiger partial charge in [0.2, 0.25) is 59.1 Å². The van der Waals surface area contributed by atoms with Crippen molar-refractivity contribution < 1.29 is 71.7 Å². The number of hydrogen-bond donors (Lipinski definition) is 15. The number of unbranched alkanes of at least 4 members (excludes halogenated alkanes) is 1. The first-order valence-electron chi connectivity index (χ1n) is 36.5. The molecule has 7 fully saturated rings. The van der Waals surface area contributed by atoms with Crippen molar-refractivity contribution in [2.45, 2.75) is 231 Å². The van der Waals surface area contributed by atoms with E-state index in [0.717, 1.165) is 16.0 Å². The van der Waals surface area contributed by atoms with Gasteiger partial charge in [-0.1, -0.05) is 24.3 Å². The first kappa shape index (κ1) is 78.8. The molecule has 9 rings (SSSR count). The molecule has 5 heterocycles. The van der Waals surface area contributed by atoms with Crippen LogP contribution in [0.5, 0.6) is 0 Å². The van der Waals surface area contributed by atoms with Crippen LogP contribution in [-0.2, 0) is 64.2 Å². The number of amides is 10. The van der Waals surface area contributed by atoms with Gasteiger partial charge in [0.05, 0.1) is 19.1 Å². The molecule has 8 aliphatic rings. The number of thioether (sulfide) groups is 2. The number of rotatable bonds is 15.